The minimum atomic E-state index is 0.456. The molecule has 0 amide bonds. The third kappa shape index (κ3) is 2.58. The van der Waals surface area contributed by atoms with Crippen molar-refractivity contribution in [3.8, 4) is 0 Å². The fourth-order valence-corrected chi connectivity index (χ4v) is 3.20. The molecule has 0 radical (unpaired) electrons. The fourth-order valence-electron chi connectivity index (χ4n) is 1.82. The number of ether oxygens (including phenoxy) is 1. The summed E-state index contributed by atoms with van der Waals surface area (Å²) in [7, 11) is 1.82. The highest BCUT2D eigenvalue weighted by molar-refractivity contribution is 14.1. The molecule has 1 saturated carbocycles. The van der Waals surface area contributed by atoms with E-state index in [9.17, 15) is 0 Å². The van der Waals surface area contributed by atoms with Crippen LogP contribution in [0, 0.1) is 5.92 Å². The van der Waals surface area contributed by atoms with Gasteiger partial charge < -0.3 is 4.74 Å². The van der Waals surface area contributed by atoms with Gasteiger partial charge in [-0.05, 0) is 25.7 Å². The Morgan fingerprint density at radius 1 is 1.36 bits per heavy atom. The SMILES string of the molecule is COC(C)[C@@H]1CCCC[C@@H]1I. The van der Waals surface area contributed by atoms with E-state index in [4.69, 9.17) is 4.74 Å². The molecule has 0 aromatic carbocycles. The molecule has 1 nitrogen and oxygen atoms in total. The van der Waals surface area contributed by atoms with Gasteiger partial charge in [0.05, 0.1) is 6.10 Å². The summed E-state index contributed by atoms with van der Waals surface area (Å²) in [6.45, 7) is 2.20. The van der Waals surface area contributed by atoms with Crippen LogP contribution in [0.4, 0.5) is 0 Å². The van der Waals surface area contributed by atoms with Crippen molar-refractivity contribution in [2.45, 2.75) is 42.6 Å². The Hall–Kier alpha value is 0.690. The van der Waals surface area contributed by atoms with Gasteiger partial charge in [0.1, 0.15) is 0 Å². The van der Waals surface area contributed by atoms with Gasteiger partial charge in [-0.2, -0.15) is 0 Å². The fraction of sp³-hybridized carbons (Fsp3) is 1.00. The number of hydrogen-bond donors (Lipinski definition) is 0. The van der Waals surface area contributed by atoms with Gasteiger partial charge in [0.2, 0.25) is 0 Å². The Balaban J connectivity index is 2.40. The summed E-state index contributed by atoms with van der Waals surface area (Å²) in [4.78, 5) is 0. The van der Waals surface area contributed by atoms with Gasteiger partial charge in [0.25, 0.3) is 0 Å². The van der Waals surface area contributed by atoms with Gasteiger partial charge in [0.15, 0.2) is 0 Å². The molecule has 0 bridgehead atoms. The molecule has 11 heavy (non-hydrogen) atoms. The second-order valence-corrected chi connectivity index (χ2v) is 5.01. The summed E-state index contributed by atoms with van der Waals surface area (Å²) in [5, 5.41) is 0. The monoisotopic (exact) mass is 268 g/mol. The van der Waals surface area contributed by atoms with Crippen molar-refractivity contribution in [3.63, 3.8) is 0 Å². The molecule has 1 unspecified atom stereocenters. The van der Waals surface area contributed by atoms with Crippen LogP contribution in [0.5, 0.6) is 0 Å². The summed E-state index contributed by atoms with van der Waals surface area (Å²) in [6.07, 6.45) is 6.03. The van der Waals surface area contributed by atoms with Crippen molar-refractivity contribution in [3.05, 3.63) is 0 Å². The van der Waals surface area contributed by atoms with E-state index in [0.717, 1.165) is 9.84 Å². The molecule has 2 heteroatoms. The van der Waals surface area contributed by atoms with Gasteiger partial charge in [0, 0.05) is 11.0 Å². The van der Waals surface area contributed by atoms with E-state index in [1.165, 1.54) is 25.7 Å². The molecule has 1 aliphatic carbocycles. The van der Waals surface area contributed by atoms with E-state index in [1.807, 2.05) is 7.11 Å². The Kier molecular flexibility index (Phi) is 4.13. The lowest BCUT2D eigenvalue weighted by molar-refractivity contribution is 0.0558. The highest BCUT2D eigenvalue weighted by Gasteiger charge is 2.27. The van der Waals surface area contributed by atoms with E-state index in [-0.39, 0.29) is 0 Å². The molecule has 66 valence electrons. The Labute approximate surface area is 83.0 Å². The summed E-state index contributed by atoms with van der Waals surface area (Å²) < 4.78 is 6.20. The van der Waals surface area contributed by atoms with E-state index < -0.39 is 0 Å². The topological polar surface area (TPSA) is 9.23 Å². The molecular weight excluding hydrogens is 251 g/mol. The van der Waals surface area contributed by atoms with E-state index >= 15 is 0 Å². The average molecular weight is 268 g/mol. The summed E-state index contributed by atoms with van der Waals surface area (Å²) in [6, 6.07) is 0. The van der Waals surface area contributed by atoms with E-state index in [1.54, 1.807) is 0 Å². The Morgan fingerprint density at radius 3 is 2.55 bits per heavy atom. The zero-order chi connectivity index (χ0) is 8.27. The first-order valence-electron chi connectivity index (χ1n) is 4.42. The lowest BCUT2D eigenvalue weighted by Gasteiger charge is -2.31. The van der Waals surface area contributed by atoms with Crippen LogP contribution >= 0.6 is 22.6 Å². The van der Waals surface area contributed by atoms with Gasteiger partial charge >= 0.3 is 0 Å². The molecule has 3 atom stereocenters. The van der Waals surface area contributed by atoms with Crippen LogP contribution in [0.3, 0.4) is 0 Å². The van der Waals surface area contributed by atoms with E-state index in [2.05, 4.69) is 29.5 Å². The summed E-state index contributed by atoms with van der Waals surface area (Å²) >= 11 is 2.58. The largest absolute Gasteiger partial charge is 0.381 e. The van der Waals surface area contributed by atoms with Crippen LogP contribution in [-0.4, -0.2) is 17.1 Å². The predicted molar refractivity (Wildman–Crippen MR) is 56.2 cm³/mol. The lowest BCUT2D eigenvalue weighted by Crippen LogP contribution is -2.30. The maximum Gasteiger partial charge on any atom is 0.0581 e. The molecule has 0 aromatic heterocycles. The van der Waals surface area contributed by atoms with Gasteiger partial charge in [-0.1, -0.05) is 35.4 Å². The maximum absolute atomic E-state index is 5.36. The highest BCUT2D eigenvalue weighted by Crippen LogP contribution is 2.33. The second kappa shape index (κ2) is 4.65. The maximum atomic E-state index is 5.36. The predicted octanol–water partition coefficient (Wildman–Crippen LogP) is 3.02. The summed E-state index contributed by atoms with van der Waals surface area (Å²) in [5.41, 5.74) is 0. The third-order valence-corrected chi connectivity index (χ3v) is 4.25. The van der Waals surface area contributed by atoms with Crippen LogP contribution in [0.15, 0.2) is 0 Å². The first-order valence-corrected chi connectivity index (χ1v) is 5.67. The molecular formula is C9H17IO. The Bertz CT molecular complexity index is 112. The molecule has 1 aliphatic rings. The smallest absolute Gasteiger partial charge is 0.0581 e. The van der Waals surface area contributed by atoms with Crippen molar-refractivity contribution in [2.24, 2.45) is 5.92 Å². The average Bonchev–Trinajstić information content (AvgIpc) is 2.04. The van der Waals surface area contributed by atoms with Gasteiger partial charge in [-0.3, -0.25) is 0 Å². The Morgan fingerprint density at radius 2 is 2.00 bits per heavy atom. The van der Waals surface area contributed by atoms with Crippen LogP contribution in [0.1, 0.15) is 32.6 Å². The number of hydrogen-bond acceptors (Lipinski definition) is 1. The molecule has 0 N–H and O–H groups in total. The number of methoxy groups -OCH3 is 1. The van der Waals surface area contributed by atoms with Crippen molar-refractivity contribution in [1.82, 2.24) is 0 Å². The second-order valence-electron chi connectivity index (χ2n) is 3.41. The van der Waals surface area contributed by atoms with E-state index in [0.29, 0.717) is 6.10 Å². The molecule has 1 rings (SSSR count). The van der Waals surface area contributed by atoms with Crippen LogP contribution in [0.2, 0.25) is 0 Å². The van der Waals surface area contributed by atoms with Crippen LogP contribution in [0.25, 0.3) is 0 Å². The molecule has 0 saturated heterocycles. The number of halogens is 1. The van der Waals surface area contributed by atoms with Crippen LogP contribution in [-0.2, 0) is 4.74 Å². The van der Waals surface area contributed by atoms with Crippen molar-refractivity contribution < 1.29 is 4.74 Å². The zero-order valence-electron chi connectivity index (χ0n) is 7.35. The number of rotatable bonds is 2. The quantitative estimate of drug-likeness (QED) is 0.552. The molecule has 1 fully saturated rings. The van der Waals surface area contributed by atoms with Gasteiger partial charge in [-0.15, -0.1) is 0 Å². The third-order valence-electron chi connectivity index (χ3n) is 2.71. The van der Waals surface area contributed by atoms with Crippen molar-refractivity contribution in [2.75, 3.05) is 7.11 Å². The minimum absolute atomic E-state index is 0.456. The summed E-state index contributed by atoms with van der Waals surface area (Å²) in [5.74, 6) is 0.800. The zero-order valence-corrected chi connectivity index (χ0v) is 9.50. The van der Waals surface area contributed by atoms with Crippen molar-refractivity contribution >= 4 is 22.6 Å². The van der Waals surface area contributed by atoms with Crippen LogP contribution < -0.4 is 0 Å². The standard InChI is InChI=1S/C9H17IO/c1-7(11-2)8-5-3-4-6-9(8)10/h7-9H,3-6H2,1-2H3/t7?,8-,9-/m0/s1. The van der Waals surface area contributed by atoms with Crippen molar-refractivity contribution in [1.29, 1.82) is 0 Å². The van der Waals surface area contributed by atoms with Gasteiger partial charge in [-0.25, -0.2) is 0 Å². The molecule has 0 spiro atoms. The number of alkyl halides is 1. The molecule has 0 aliphatic heterocycles. The lowest BCUT2D eigenvalue weighted by atomic mass is 9.86. The normalized spacial score (nSPS) is 35.2. The highest BCUT2D eigenvalue weighted by atomic mass is 127. The molecule has 0 aromatic rings. The first kappa shape index (κ1) is 9.78. The molecule has 0 heterocycles. The minimum Gasteiger partial charge on any atom is -0.381 e. The first-order chi connectivity index (χ1) is 5.25.